The standard InChI is InChI=1S/C41H54N6O10/c1-5-13-29(34(49)38(53)43-22-31(48)45-32(35(42)50)24-14-8-6-9-15-24)44-37(52)30-21-28(57-41(2,3)4)23-47(30)39(54)33(25-16-10-7-11-17-25)46-36(51)26-18-12-19-27(20-26)40(55)56/h6,8-9,12,14-15,18-20,25,28-30,32-33H,5,7,10-11,13,16-17,21-23H2,1-4H3,(H2,42,50)(H,43,53)(H,44,52)(H,45,48)(H,46,51)(H,55,56)/t28-,29?,30+,32+,33+/m1/s1. The number of nitrogens with two attached hydrogens (primary N) is 1. The molecule has 7 N–H and O–H groups in total. The number of carboxylic acids is 1. The number of nitrogens with one attached hydrogen (secondary N) is 4. The van der Waals surface area contributed by atoms with Crippen LogP contribution in [0.5, 0.6) is 0 Å². The van der Waals surface area contributed by atoms with Gasteiger partial charge in [0.05, 0.1) is 29.9 Å². The van der Waals surface area contributed by atoms with Gasteiger partial charge in [0.15, 0.2) is 0 Å². The lowest BCUT2D eigenvalue weighted by Crippen LogP contribution is -2.58. The summed E-state index contributed by atoms with van der Waals surface area (Å²) in [6.07, 6.45) is 3.88. The highest BCUT2D eigenvalue weighted by atomic mass is 16.5. The van der Waals surface area contributed by atoms with E-state index >= 15 is 0 Å². The molecule has 2 aliphatic rings. The van der Waals surface area contributed by atoms with E-state index in [-0.39, 0.29) is 36.4 Å². The highest BCUT2D eigenvalue weighted by Gasteiger charge is 2.46. The van der Waals surface area contributed by atoms with Crippen molar-refractivity contribution in [1.82, 2.24) is 26.2 Å². The number of ketones is 1. The first-order valence-electron chi connectivity index (χ1n) is 19.4. The van der Waals surface area contributed by atoms with Crippen LogP contribution in [-0.2, 0) is 33.5 Å². The molecule has 16 heteroatoms. The third kappa shape index (κ3) is 12.4. The van der Waals surface area contributed by atoms with Crippen LogP contribution in [0.15, 0.2) is 54.6 Å². The normalized spacial score (nSPS) is 18.7. The number of primary amides is 1. The summed E-state index contributed by atoms with van der Waals surface area (Å²) in [5, 5.41) is 19.7. The number of rotatable bonds is 17. The van der Waals surface area contributed by atoms with E-state index in [0.717, 1.165) is 19.3 Å². The van der Waals surface area contributed by atoms with Gasteiger partial charge in [-0.25, -0.2) is 4.79 Å². The lowest BCUT2D eigenvalue weighted by Gasteiger charge is -2.35. The lowest BCUT2D eigenvalue weighted by molar-refractivity contribution is -0.143. The molecule has 1 aliphatic heterocycles. The summed E-state index contributed by atoms with van der Waals surface area (Å²) in [7, 11) is 0. The fourth-order valence-corrected chi connectivity index (χ4v) is 7.33. The molecule has 1 aliphatic carbocycles. The summed E-state index contributed by atoms with van der Waals surface area (Å²) in [6, 6.07) is 9.09. The third-order valence-electron chi connectivity index (χ3n) is 9.98. The Bertz CT molecular complexity index is 1810. The predicted octanol–water partition coefficient (Wildman–Crippen LogP) is 2.16. The van der Waals surface area contributed by atoms with Gasteiger partial charge in [0.25, 0.3) is 11.8 Å². The zero-order chi connectivity index (χ0) is 41.9. The van der Waals surface area contributed by atoms with Gasteiger partial charge in [0.1, 0.15) is 18.1 Å². The first kappa shape index (κ1) is 44.1. The largest absolute Gasteiger partial charge is 0.478 e. The smallest absolute Gasteiger partial charge is 0.335 e. The van der Waals surface area contributed by atoms with Crippen molar-refractivity contribution in [1.29, 1.82) is 0 Å². The van der Waals surface area contributed by atoms with Gasteiger partial charge in [-0.3, -0.25) is 33.6 Å². The fraction of sp³-hybridized carbons (Fsp3) is 0.512. The van der Waals surface area contributed by atoms with E-state index in [0.29, 0.717) is 24.8 Å². The van der Waals surface area contributed by atoms with Crippen LogP contribution in [0.1, 0.15) is 111 Å². The second kappa shape index (κ2) is 20.0. The number of hydrogen-bond donors (Lipinski definition) is 6. The van der Waals surface area contributed by atoms with Crippen molar-refractivity contribution in [3.05, 3.63) is 71.3 Å². The Morgan fingerprint density at radius 2 is 1.56 bits per heavy atom. The zero-order valence-electron chi connectivity index (χ0n) is 32.9. The van der Waals surface area contributed by atoms with Crippen LogP contribution in [0.2, 0.25) is 0 Å². The van der Waals surface area contributed by atoms with Crippen LogP contribution in [0.3, 0.4) is 0 Å². The monoisotopic (exact) mass is 790 g/mol. The number of Topliss-reactive ketones (excluding diaryl/α,β-unsaturated/α-hetero) is 1. The Hall–Kier alpha value is -5.64. The molecule has 1 saturated heterocycles. The third-order valence-corrected chi connectivity index (χ3v) is 9.98. The van der Waals surface area contributed by atoms with Gasteiger partial charge in [-0.15, -0.1) is 0 Å². The molecule has 1 unspecified atom stereocenters. The molecule has 4 rings (SSSR count). The molecule has 2 aromatic rings. The summed E-state index contributed by atoms with van der Waals surface area (Å²) < 4.78 is 6.22. The molecular weight excluding hydrogens is 736 g/mol. The van der Waals surface area contributed by atoms with Crippen LogP contribution in [0.25, 0.3) is 0 Å². The fourth-order valence-electron chi connectivity index (χ4n) is 7.33. The summed E-state index contributed by atoms with van der Waals surface area (Å²) >= 11 is 0. The number of hydrogen-bond acceptors (Lipinski definition) is 9. The predicted molar refractivity (Wildman–Crippen MR) is 207 cm³/mol. The molecule has 2 aromatic carbocycles. The van der Waals surface area contributed by atoms with Crippen LogP contribution in [0.4, 0.5) is 0 Å². The number of aromatic carboxylic acids is 1. The van der Waals surface area contributed by atoms with E-state index < -0.39 is 89.6 Å². The Morgan fingerprint density at radius 3 is 2.18 bits per heavy atom. The minimum Gasteiger partial charge on any atom is -0.478 e. The van der Waals surface area contributed by atoms with E-state index in [2.05, 4.69) is 21.3 Å². The van der Waals surface area contributed by atoms with Crippen molar-refractivity contribution in [3.8, 4) is 0 Å². The minimum atomic E-state index is -1.30. The van der Waals surface area contributed by atoms with Gasteiger partial charge in [0, 0.05) is 18.5 Å². The topological polar surface area (TPSA) is 243 Å². The van der Waals surface area contributed by atoms with Crippen LogP contribution in [0, 0.1) is 5.92 Å². The Kier molecular flexibility index (Phi) is 15.5. The van der Waals surface area contributed by atoms with Gasteiger partial charge in [0.2, 0.25) is 29.4 Å². The second-order valence-corrected chi connectivity index (χ2v) is 15.5. The number of amides is 6. The average Bonchev–Trinajstić information content (AvgIpc) is 3.60. The molecule has 16 nitrogen and oxygen atoms in total. The molecule has 6 amide bonds. The maximum atomic E-state index is 14.6. The van der Waals surface area contributed by atoms with Gasteiger partial charge in [-0.2, -0.15) is 0 Å². The molecule has 2 fully saturated rings. The average molecular weight is 791 g/mol. The molecule has 1 saturated carbocycles. The van der Waals surface area contributed by atoms with E-state index in [4.69, 9.17) is 10.5 Å². The second-order valence-electron chi connectivity index (χ2n) is 15.5. The van der Waals surface area contributed by atoms with Gasteiger partial charge >= 0.3 is 5.97 Å². The maximum absolute atomic E-state index is 14.6. The minimum absolute atomic E-state index is 0.0129. The first-order chi connectivity index (χ1) is 27.0. The summed E-state index contributed by atoms with van der Waals surface area (Å²) in [4.78, 5) is 106. The quantitative estimate of drug-likeness (QED) is 0.128. The number of benzene rings is 2. The molecule has 0 aromatic heterocycles. The number of ether oxygens (including phenoxy) is 1. The highest BCUT2D eigenvalue weighted by Crippen LogP contribution is 2.31. The lowest BCUT2D eigenvalue weighted by atomic mass is 9.83. The first-order valence-corrected chi connectivity index (χ1v) is 19.4. The SMILES string of the molecule is CCCC(NC(=O)[C@@H]1C[C@@H](OC(C)(C)C)CN1C(=O)[C@@H](NC(=O)c1cccc(C(=O)O)c1)C1CCCCC1)C(=O)C(=O)NCC(=O)N[C@H](C(N)=O)c1ccccc1. The Balaban J connectivity index is 1.51. The number of carbonyl (C=O) groups excluding carboxylic acids is 7. The molecule has 0 spiro atoms. The van der Waals surface area contributed by atoms with Crippen LogP contribution >= 0.6 is 0 Å². The molecule has 0 bridgehead atoms. The number of nitrogens with zero attached hydrogens (tertiary/aromatic N) is 1. The van der Waals surface area contributed by atoms with Crippen molar-refractivity contribution >= 4 is 47.2 Å². The number of carboxylic acid groups (broad SMARTS) is 1. The van der Waals surface area contributed by atoms with Gasteiger partial charge < -0.3 is 41.7 Å². The molecular formula is C41H54N6O10. The van der Waals surface area contributed by atoms with E-state index in [1.807, 2.05) is 20.8 Å². The Labute approximate surface area is 332 Å². The van der Waals surface area contributed by atoms with Crippen LogP contribution < -0.4 is 27.0 Å². The number of carbonyl (C=O) groups is 8. The van der Waals surface area contributed by atoms with Gasteiger partial charge in [-0.1, -0.05) is 69.0 Å². The van der Waals surface area contributed by atoms with Crippen molar-refractivity contribution in [3.63, 3.8) is 0 Å². The summed E-state index contributed by atoms with van der Waals surface area (Å²) in [5.74, 6) is -7.07. The molecule has 308 valence electrons. The van der Waals surface area contributed by atoms with E-state index in [1.165, 1.54) is 29.2 Å². The molecule has 0 radical (unpaired) electrons. The highest BCUT2D eigenvalue weighted by molar-refractivity contribution is 6.38. The summed E-state index contributed by atoms with van der Waals surface area (Å²) in [6.45, 7) is 6.64. The van der Waals surface area contributed by atoms with Crippen molar-refractivity contribution in [2.75, 3.05) is 13.1 Å². The molecule has 1 heterocycles. The maximum Gasteiger partial charge on any atom is 0.335 e. The van der Waals surface area contributed by atoms with Crippen molar-refractivity contribution in [2.24, 2.45) is 11.7 Å². The van der Waals surface area contributed by atoms with Crippen molar-refractivity contribution < 1.29 is 48.2 Å². The molecule has 5 atom stereocenters. The van der Waals surface area contributed by atoms with Gasteiger partial charge in [-0.05, 0) is 69.7 Å². The van der Waals surface area contributed by atoms with Crippen LogP contribution in [-0.4, -0.2) is 100 Å². The van der Waals surface area contributed by atoms with E-state index in [1.54, 1.807) is 37.3 Å². The zero-order valence-corrected chi connectivity index (χ0v) is 32.9. The Morgan fingerprint density at radius 1 is 0.895 bits per heavy atom. The van der Waals surface area contributed by atoms with Crippen molar-refractivity contribution in [2.45, 2.75) is 115 Å². The number of likely N-dealkylation sites (tertiary alicyclic amines) is 1. The summed E-state index contributed by atoms with van der Waals surface area (Å²) in [5.41, 5.74) is 5.24. The molecule has 57 heavy (non-hydrogen) atoms. The van der Waals surface area contributed by atoms with E-state index in [9.17, 15) is 43.5 Å².